The molecule has 0 spiro atoms. The number of anilines is 2. The van der Waals surface area contributed by atoms with E-state index in [4.69, 9.17) is 0 Å². The van der Waals surface area contributed by atoms with Crippen LogP contribution in [0, 0.1) is 11.6 Å². The van der Waals surface area contributed by atoms with Gasteiger partial charge in [0.15, 0.2) is 0 Å². The number of aryl methyl sites for hydroxylation is 2. The predicted molar refractivity (Wildman–Crippen MR) is 92.6 cm³/mol. The van der Waals surface area contributed by atoms with E-state index in [2.05, 4.69) is 4.72 Å². The normalized spacial score (nSPS) is 16.4. The molecular weight excluding hydrogens is 362 g/mol. The number of hydrogen-bond acceptors (Lipinski definition) is 3. The standard InChI is InChI=1S/C18H16F2N2O3S/c19-13-4-5-15(20)16(10-13)26(24,25)21-14-8-11-2-1-7-22-17(23)6-3-12(9-14)18(11)22/h4-5,8-10,21H,1-3,6-7H2. The molecule has 2 aromatic rings. The predicted octanol–water partition coefficient (Wildman–Crippen LogP) is 2.99. The number of nitrogens with one attached hydrogen (secondary N) is 1. The van der Waals surface area contributed by atoms with Crippen LogP contribution in [0.2, 0.25) is 0 Å². The molecule has 2 aliphatic heterocycles. The summed E-state index contributed by atoms with van der Waals surface area (Å²) in [5.41, 5.74) is 2.93. The molecule has 0 bridgehead atoms. The summed E-state index contributed by atoms with van der Waals surface area (Å²) in [7, 11) is -4.27. The zero-order valence-electron chi connectivity index (χ0n) is 13.8. The van der Waals surface area contributed by atoms with E-state index >= 15 is 0 Å². The number of hydrogen-bond donors (Lipinski definition) is 1. The highest BCUT2D eigenvalue weighted by molar-refractivity contribution is 7.92. The number of halogens is 2. The summed E-state index contributed by atoms with van der Waals surface area (Å²) in [6, 6.07) is 5.63. The van der Waals surface area contributed by atoms with Crippen LogP contribution in [0.25, 0.3) is 0 Å². The highest BCUT2D eigenvalue weighted by Crippen LogP contribution is 2.38. The molecule has 8 heteroatoms. The summed E-state index contributed by atoms with van der Waals surface area (Å²) >= 11 is 0. The van der Waals surface area contributed by atoms with Crippen LogP contribution in [-0.2, 0) is 27.7 Å². The second-order valence-electron chi connectivity index (χ2n) is 6.47. The van der Waals surface area contributed by atoms with Gasteiger partial charge in [0.05, 0.1) is 5.69 Å². The largest absolute Gasteiger partial charge is 0.312 e. The molecule has 0 unspecified atom stereocenters. The van der Waals surface area contributed by atoms with E-state index in [9.17, 15) is 22.0 Å². The van der Waals surface area contributed by atoms with Crippen LogP contribution in [0.4, 0.5) is 20.2 Å². The van der Waals surface area contributed by atoms with Gasteiger partial charge in [-0.2, -0.15) is 0 Å². The van der Waals surface area contributed by atoms with E-state index in [1.54, 1.807) is 17.0 Å². The van der Waals surface area contributed by atoms with Gasteiger partial charge in [-0.15, -0.1) is 0 Å². The third-order valence-corrected chi connectivity index (χ3v) is 6.11. The van der Waals surface area contributed by atoms with Crippen LogP contribution in [0.1, 0.15) is 24.0 Å². The van der Waals surface area contributed by atoms with E-state index in [1.165, 1.54) is 0 Å². The molecule has 26 heavy (non-hydrogen) atoms. The summed E-state index contributed by atoms with van der Waals surface area (Å²) in [6.45, 7) is 0.665. The van der Waals surface area contributed by atoms with Crippen molar-refractivity contribution >= 4 is 27.3 Å². The second kappa shape index (κ2) is 6.05. The first-order valence-electron chi connectivity index (χ1n) is 8.29. The number of amides is 1. The molecular formula is C18H16F2N2O3S. The monoisotopic (exact) mass is 378 g/mol. The molecule has 1 amide bonds. The molecule has 0 aromatic heterocycles. The molecule has 0 aliphatic carbocycles. The Morgan fingerprint density at radius 3 is 2.50 bits per heavy atom. The summed E-state index contributed by atoms with van der Waals surface area (Å²) in [6.07, 6.45) is 2.44. The molecule has 0 saturated carbocycles. The van der Waals surface area contributed by atoms with Crippen LogP contribution < -0.4 is 9.62 Å². The Morgan fingerprint density at radius 2 is 1.73 bits per heavy atom. The smallest absolute Gasteiger partial charge is 0.264 e. The molecule has 0 atom stereocenters. The lowest BCUT2D eigenvalue weighted by Crippen LogP contribution is -2.39. The van der Waals surface area contributed by atoms with Gasteiger partial charge in [0.2, 0.25) is 5.91 Å². The molecule has 0 fully saturated rings. The van der Waals surface area contributed by atoms with Gasteiger partial charge in [-0.3, -0.25) is 9.52 Å². The number of sulfonamides is 1. The Kier molecular flexibility index (Phi) is 3.95. The highest BCUT2D eigenvalue weighted by atomic mass is 32.2. The quantitative estimate of drug-likeness (QED) is 0.893. The second-order valence-corrected chi connectivity index (χ2v) is 8.12. The average Bonchev–Trinajstić information content (AvgIpc) is 2.59. The molecule has 5 nitrogen and oxygen atoms in total. The van der Waals surface area contributed by atoms with Gasteiger partial charge in [-0.25, -0.2) is 17.2 Å². The fraction of sp³-hybridized carbons (Fsp3) is 0.278. The van der Waals surface area contributed by atoms with Crippen molar-refractivity contribution in [1.29, 1.82) is 0 Å². The number of nitrogens with zero attached hydrogens (tertiary/aromatic N) is 1. The van der Waals surface area contributed by atoms with E-state index in [-0.39, 0.29) is 5.91 Å². The van der Waals surface area contributed by atoms with Gasteiger partial charge in [0, 0.05) is 18.7 Å². The summed E-state index contributed by atoms with van der Waals surface area (Å²) in [5.74, 6) is -1.77. The highest BCUT2D eigenvalue weighted by Gasteiger charge is 2.30. The first-order chi connectivity index (χ1) is 12.3. The first-order valence-corrected chi connectivity index (χ1v) is 9.77. The van der Waals surface area contributed by atoms with Gasteiger partial charge < -0.3 is 4.90 Å². The number of rotatable bonds is 3. The maximum atomic E-state index is 13.9. The molecule has 136 valence electrons. The van der Waals surface area contributed by atoms with Crippen molar-refractivity contribution in [3.8, 4) is 0 Å². The summed E-state index contributed by atoms with van der Waals surface area (Å²) in [5, 5.41) is 0. The Bertz CT molecular complexity index is 1000. The van der Waals surface area contributed by atoms with E-state index in [0.29, 0.717) is 31.1 Å². The van der Waals surface area contributed by atoms with E-state index < -0.39 is 26.6 Å². The van der Waals surface area contributed by atoms with Crippen molar-refractivity contribution in [3.05, 3.63) is 53.1 Å². The lowest BCUT2D eigenvalue weighted by Gasteiger charge is -2.35. The molecule has 2 heterocycles. The van der Waals surface area contributed by atoms with Crippen molar-refractivity contribution in [3.63, 3.8) is 0 Å². The van der Waals surface area contributed by atoms with Gasteiger partial charge in [-0.1, -0.05) is 0 Å². The molecule has 0 radical (unpaired) electrons. The van der Waals surface area contributed by atoms with Crippen molar-refractivity contribution in [2.45, 2.75) is 30.6 Å². The fourth-order valence-electron chi connectivity index (χ4n) is 3.61. The van der Waals surface area contributed by atoms with Crippen LogP contribution >= 0.6 is 0 Å². The topological polar surface area (TPSA) is 66.5 Å². The molecule has 2 aliphatic rings. The zero-order chi connectivity index (χ0) is 18.5. The van der Waals surface area contributed by atoms with Crippen LogP contribution in [0.3, 0.4) is 0 Å². The van der Waals surface area contributed by atoms with Crippen LogP contribution in [0.5, 0.6) is 0 Å². The maximum Gasteiger partial charge on any atom is 0.264 e. The lowest BCUT2D eigenvalue weighted by atomic mass is 9.91. The molecule has 4 rings (SSSR count). The minimum absolute atomic E-state index is 0.0774. The minimum atomic E-state index is -4.27. The summed E-state index contributed by atoms with van der Waals surface area (Å²) in [4.78, 5) is 13.1. The zero-order valence-corrected chi connectivity index (χ0v) is 14.6. The van der Waals surface area contributed by atoms with Crippen LogP contribution in [0.15, 0.2) is 35.2 Å². The average molecular weight is 378 g/mol. The molecule has 2 aromatic carbocycles. The van der Waals surface area contributed by atoms with Crippen molar-refractivity contribution in [2.75, 3.05) is 16.2 Å². The lowest BCUT2D eigenvalue weighted by molar-refractivity contribution is -0.119. The van der Waals surface area contributed by atoms with Gasteiger partial charge in [0.25, 0.3) is 10.0 Å². The number of benzene rings is 2. The van der Waals surface area contributed by atoms with Gasteiger partial charge in [0.1, 0.15) is 16.5 Å². The Morgan fingerprint density at radius 1 is 1.00 bits per heavy atom. The van der Waals surface area contributed by atoms with Crippen molar-refractivity contribution in [2.24, 2.45) is 0 Å². The first kappa shape index (κ1) is 17.0. The maximum absolute atomic E-state index is 13.9. The number of carbonyl (C=O) groups is 1. The van der Waals surface area contributed by atoms with Crippen molar-refractivity contribution < 1.29 is 22.0 Å². The Balaban J connectivity index is 1.74. The fourth-order valence-corrected chi connectivity index (χ4v) is 4.74. The van der Waals surface area contributed by atoms with Crippen molar-refractivity contribution in [1.82, 2.24) is 0 Å². The third kappa shape index (κ3) is 2.84. The Labute approximate surface area is 149 Å². The van der Waals surface area contributed by atoms with E-state index in [0.717, 1.165) is 41.8 Å². The van der Waals surface area contributed by atoms with E-state index in [1.807, 2.05) is 0 Å². The SMILES string of the molecule is O=C1CCc2cc(NS(=O)(=O)c3cc(F)ccc3F)cc3c2N1CCC3. The number of carbonyl (C=O) groups excluding carboxylic acids is 1. The summed E-state index contributed by atoms with van der Waals surface area (Å²) < 4.78 is 54.5. The van der Waals surface area contributed by atoms with Gasteiger partial charge >= 0.3 is 0 Å². The third-order valence-electron chi connectivity index (χ3n) is 4.71. The van der Waals surface area contributed by atoms with Crippen LogP contribution in [-0.4, -0.2) is 20.9 Å². The Hall–Kier alpha value is -2.48. The molecule has 0 saturated heterocycles. The minimum Gasteiger partial charge on any atom is -0.312 e. The van der Waals surface area contributed by atoms with Gasteiger partial charge in [-0.05, 0) is 60.7 Å². The molecule has 1 N–H and O–H groups in total.